The predicted molar refractivity (Wildman–Crippen MR) is 77.4 cm³/mol. The predicted octanol–water partition coefficient (Wildman–Crippen LogP) is 2.35. The molecular formula is C14H15F3N2O4S. The topological polar surface area (TPSA) is 107 Å². The number of nitrogens with one attached hydrogen (secondary N) is 1. The van der Waals surface area contributed by atoms with Gasteiger partial charge in [0, 0.05) is 0 Å². The molecule has 1 aromatic carbocycles. The molecule has 0 aromatic heterocycles. The minimum atomic E-state index is -4.80. The molecule has 24 heavy (non-hydrogen) atoms. The number of halogens is 3. The van der Waals surface area contributed by atoms with Gasteiger partial charge >= 0.3 is 12.1 Å². The van der Waals surface area contributed by atoms with Crippen LogP contribution in [0.3, 0.4) is 0 Å². The largest absolute Gasteiger partial charge is 0.480 e. The van der Waals surface area contributed by atoms with Crippen LogP contribution in [0.15, 0.2) is 23.1 Å². The molecule has 0 aliphatic rings. The Morgan fingerprint density at radius 2 is 1.96 bits per heavy atom. The number of sulfonamides is 1. The van der Waals surface area contributed by atoms with Crippen LogP contribution in [0.1, 0.15) is 31.4 Å². The van der Waals surface area contributed by atoms with Crippen molar-refractivity contribution in [1.29, 1.82) is 5.26 Å². The lowest BCUT2D eigenvalue weighted by atomic mass is 10.1. The Labute approximate surface area is 137 Å². The number of benzene rings is 1. The number of hydrogen-bond donors (Lipinski definition) is 2. The van der Waals surface area contributed by atoms with Crippen molar-refractivity contribution in [3.63, 3.8) is 0 Å². The number of aliphatic carboxylic acids is 1. The summed E-state index contributed by atoms with van der Waals surface area (Å²) in [5.41, 5.74) is -2.12. The number of carboxylic acids is 1. The number of rotatable bonds is 6. The fraction of sp³-hybridized carbons (Fsp3) is 0.429. The molecule has 0 spiro atoms. The van der Waals surface area contributed by atoms with Crippen LogP contribution in [0.5, 0.6) is 0 Å². The Morgan fingerprint density at radius 1 is 1.38 bits per heavy atom. The molecular weight excluding hydrogens is 349 g/mol. The third-order valence-electron chi connectivity index (χ3n) is 3.03. The molecule has 0 saturated carbocycles. The fourth-order valence-corrected chi connectivity index (χ4v) is 3.18. The van der Waals surface area contributed by atoms with Crippen molar-refractivity contribution in [2.45, 2.75) is 37.4 Å². The van der Waals surface area contributed by atoms with Gasteiger partial charge in [-0.15, -0.1) is 0 Å². The molecule has 0 aliphatic carbocycles. The van der Waals surface area contributed by atoms with Crippen molar-refractivity contribution in [2.24, 2.45) is 5.92 Å². The average molecular weight is 364 g/mol. The maximum atomic E-state index is 12.7. The first-order chi connectivity index (χ1) is 10.9. The van der Waals surface area contributed by atoms with Gasteiger partial charge in [-0.25, -0.2) is 8.42 Å². The molecule has 10 heteroatoms. The number of nitriles is 1. The SMILES string of the molecule is CC(C)CC(NS(=O)(=O)c1ccc(C(F)(F)F)c(C#N)c1)C(=O)O. The van der Waals surface area contributed by atoms with Gasteiger partial charge in [-0.05, 0) is 30.5 Å². The van der Waals surface area contributed by atoms with E-state index in [4.69, 9.17) is 10.4 Å². The summed E-state index contributed by atoms with van der Waals surface area (Å²) in [5, 5.41) is 17.9. The van der Waals surface area contributed by atoms with Crippen LogP contribution in [0.2, 0.25) is 0 Å². The summed E-state index contributed by atoms with van der Waals surface area (Å²) in [6, 6.07) is 1.59. The van der Waals surface area contributed by atoms with Gasteiger partial charge in [0.05, 0.1) is 22.1 Å². The summed E-state index contributed by atoms with van der Waals surface area (Å²) in [7, 11) is -4.39. The highest BCUT2D eigenvalue weighted by atomic mass is 32.2. The van der Waals surface area contributed by atoms with Gasteiger partial charge in [0.25, 0.3) is 0 Å². The summed E-state index contributed by atoms with van der Waals surface area (Å²) >= 11 is 0. The van der Waals surface area contributed by atoms with Gasteiger partial charge in [-0.1, -0.05) is 13.8 Å². The lowest BCUT2D eigenvalue weighted by Gasteiger charge is -2.17. The zero-order valence-electron chi connectivity index (χ0n) is 12.8. The summed E-state index contributed by atoms with van der Waals surface area (Å²) < 4.78 is 64.5. The average Bonchev–Trinajstić information content (AvgIpc) is 2.44. The first-order valence-electron chi connectivity index (χ1n) is 6.75. The minimum Gasteiger partial charge on any atom is -0.480 e. The Bertz CT molecular complexity index is 767. The Balaban J connectivity index is 3.24. The number of nitrogens with zero attached hydrogens (tertiary/aromatic N) is 1. The van der Waals surface area contributed by atoms with Gasteiger partial charge in [-0.2, -0.15) is 23.2 Å². The second kappa shape index (κ2) is 7.19. The van der Waals surface area contributed by atoms with Crippen molar-refractivity contribution in [2.75, 3.05) is 0 Å². The maximum absolute atomic E-state index is 12.7. The highest BCUT2D eigenvalue weighted by Crippen LogP contribution is 2.32. The molecule has 0 fully saturated rings. The van der Waals surface area contributed by atoms with Crippen molar-refractivity contribution in [3.05, 3.63) is 29.3 Å². The fourth-order valence-electron chi connectivity index (χ4n) is 1.96. The number of carboxylic acid groups (broad SMARTS) is 1. The second-order valence-corrected chi connectivity index (χ2v) is 7.17. The Kier molecular flexibility index (Phi) is 5.97. The molecule has 0 radical (unpaired) electrons. The molecule has 1 aromatic rings. The van der Waals surface area contributed by atoms with Crippen LogP contribution >= 0.6 is 0 Å². The number of carbonyl (C=O) groups is 1. The highest BCUT2D eigenvalue weighted by molar-refractivity contribution is 7.89. The third-order valence-corrected chi connectivity index (χ3v) is 4.50. The monoisotopic (exact) mass is 364 g/mol. The standard InChI is InChI=1S/C14H15F3N2O4S/c1-8(2)5-12(13(20)21)19-24(22,23)10-3-4-11(14(15,16)17)9(6-10)7-18/h3-4,6,8,12,19H,5H2,1-2H3,(H,20,21). The maximum Gasteiger partial charge on any atom is 0.417 e. The normalized spacial score (nSPS) is 13.5. The summed E-state index contributed by atoms with van der Waals surface area (Å²) in [6.07, 6.45) is -4.80. The van der Waals surface area contributed by atoms with E-state index in [9.17, 15) is 26.4 Å². The zero-order valence-corrected chi connectivity index (χ0v) is 13.6. The van der Waals surface area contributed by atoms with Gasteiger partial charge in [0.15, 0.2) is 0 Å². The van der Waals surface area contributed by atoms with Gasteiger partial charge in [0.2, 0.25) is 10.0 Å². The van der Waals surface area contributed by atoms with E-state index in [1.165, 1.54) is 6.07 Å². The van der Waals surface area contributed by atoms with Gasteiger partial charge in [-0.3, -0.25) is 4.79 Å². The summed E-state index contributed by atoms with van der Waals surface area (Å²) in [4.78, 5) is 10.5. The molecule has 1 rings (SSSR count). The van der Waals surface area contributed by atoms with Crippen LogP contribution in [0.25, 0.3) is 0 Å². The third kappa shape index (κ3) is 4.94. The second-order valence-electron chi connectivity index (χ2n) is 5.46. The molecule has 0 heterocycles. The molecule has 0 saturated heterocycles. The van der Waals surface area contributed by atoms with Gasteiger partial charge < -0.3 is 5.11 Å². The lowest BCUT2D eigenvalue weighted by Crippen LogP contribution is -2.41. The molecule has 2 N–H and O–H groups in total. The van der Waals surface area contributed by atoms with Crippen LogP contribution in [0.4, 0.5) is 13.2 Å². The quantitative estimate of drug-likeness (QED) is 0.806. The van der Waals surface area contributed by atoms with E-state index in [1.54, 1.807) is 13.8 Å². The van der Waals surface area contributed by atoms with Crippen molar-refractivity contribution < 1.29 is 31.5 Å². The minimum absolute atomic E-state index is 0.000303. The summed E-state index contributed by atoms with van der Waals surface area (Å²) in [6.45, 7) is 3.38. The Morgan fingerprint density at radius 3 is 2.38 bits per heavy atom. The van der Waals surface area contributed by atoms with Crippen molar-refractivity contribution >= 4 is 16.0 Å². The molecule has 0 aliphatic heterocycles. The Hall–Kier alpha value is -2.12. The highest BCUT2D eigenvalue weighted by Gasteiger charge is 2.35. The first kappa shape index (κ1) is 19.9. The van der Waals surface area contributed by atoms with E-state index >= 15 is 0 Å². The van der Waals surface area contributed by atoms with Crippen LogP contribution < -0.4 is 4.72 Å². The molecule has 132 valence electrons. The number of alkyl halides is 3. The van der Waals surface area contributed by atoms with Crippen LogP contribution in [-0.2, 0) is 21.0 Å². The molecule has 1 atom stereocenters. The first-order valence-corrected chi connectivity index (χ1v) is 8.23. The van der Waals surface area contributed by atoms with E-state index in [1.807, 2.05) is 4.72 Å². The number of hydrogen-bond acceptors (Lipinski definition) is 4. The molecule has 1 unspecified atom stereocenters. The summed E-state index contributed by atoms with van der Waals surface area (Å²) in [5.74, 6) is -1.53. The lowest BCUT2D eigenvalue weighted by molar-refractivity contribution is -0.139. The van der Waals surface area contributed by atoms with Gasteiger partial charge in [0.1, 0.15) is 6.04 Å². The van der Waals surface area contributed by atoms with Crippen molar-refractivity contribution in [3.8, 4) is 6.07 Å². The van der Waals surface area contributed by atoms with E-state index in [0.29, 0.717) is 18.2 Å². The van der Waals surface area contributed by atoms with Crippen molar-refractivity contribution in [1.82, 2.24) is 4.72 Å². The van der Waals surface area contributed by atoms with E-state index in [0.717, 1.165) is 0 Å². The van der Waals surface area contributed by atoms with E-state index in [2.05, 4.69) is 0 Å². The van der Waals surface area contributed by atoms with E-state index < -0.39 is 44.2 Å². The van der Waals surface area contributed by atoms with Crippen LogP contribution in [0, 0.1) is 17.2 Å². The zero-order chi connectivity index (χ0) is 18.7. The molecule has 0 bridgehead atoms. The van der Waals surface area contributed by atoms with Crippen LogP contribution in [-0.4, -0.2) is 25.5 Å². The smallest absolute Gasteiger partial charge is 0.417 e. The van der Waals surface area contributed by atoms with E-state index in [-0.39, 0.29) is 12.3 Å². The molecule has 0 amide bonds. The molecule has 6 nitrogen and oxygen atoms in total.